The van der Waals surface area contributed by atoms with Gasteiger partial charge in [0.15, 0.2) is 0 Å². The first-order valence-corrected chi connectivity index (χ1v) is 9.23. The van der Waals surface area contributed by atoms with Gasteiger partial charge >= 0.3 is 11.8 Å². The molecule has 0 spiro atoms. The van der Waals surface area contributed by atoms with Crippen molar-refractivity contribution in [2.24, 2.45) is 0 Å². The molecule has 0 aliphatic heterocycles. The Morgan fingerprint density at radius 1 is 1.19 bits per heavy atom. The lowest BCUT2D eigenvalue weighted by molar-refractivity contribution is -0.136. The van der Waals surface area contributed by atoms with E-state index in [0.717, 1.165) is 22.3 Å². The van der Waals surface area contributed by atoms with E-state index in [1.807, 2.05) is 42.1 Å². The lowest BCUT2D eigenvalue weighted by Crippen LogP contribution is -2.39. The minimum absolute atomic E-state index is 0.206. The Kier molecular flexibility index (Phi) is 5.66. The van der Waals surface area contributed by atoms with Crippen LogP contribution in [0.2, 0.25) is 0 Å². The van der Waals surface area contributed by atoms with Crippen molar-refractivity contribution in [3.63, 3.8) is 0 Å². The summed E-state index contributed by atoms with van der Waals surface area (Å²) >= 11 is 1.55. The summed E-state index contributed by atoms with van der Waals surface area (Å²) in [7, 11) is 0. The third kappa shape index (κ3) is 4.59. The van der Waals surface area contributed by atoms with Crippen LogP contribution >= 0.6 is 11.3 Å². The number of aromatic nitrogens is 2. The van der Waals surface area contributed by atoms with Gasteiger partial charge in [0.25, 0.3) is 0 Å². The summed E-state index contributed by atoms with van der Waals surface area (Å²) in [5, 5.41) is 11.5. The third-order valence-corrected chi connectivity index (χ3v) is 4.93. The number of carbonyl (C=O) groups is 2. The summed E-state index contributed by atoms with van der Waals surface area (Å²) in [6.45, 7) is 4.05. The first kappa shape index (κ1) is 18.8. The molecule has 0 aliphatic rings. The number of anilines is 1. The Labute approximate surface area is 160 Å². The van der Waals surface area contributed by atoms with Gasteiger partial charge in [-0.2, -0.15) is 5.10 Å². The fraction of sp³-hybridized carbons (Fsp3) is 0.211. The molecule has 2 amide bonds. The molecule has 0 unspecified atom stereocenters. The first-order valence-electron chi connectivity index (χ1n) is 8.35. The molecule has 3 aromatic rings. The zero-order valence-electron chi connectivity index (χ0n) is 14.9. The van der Waals surface area contributed by atoms with Crippen LogP contribution < -0.4 is 10.6 Å². The minimum atomic E-state index is -0.848. The lowest BCUT2D eigenvalue weighted by Gasteiger charge is -2.18. The maximum absolute atomic E-state index is 13.2. The van der Waals surface area contributed by atoms with Crippen molar-refractivity contribution in [2.45, 2.75) is 19.9 Å². The molecule has 2 N–H and O–H groups in total. The van der Waals surface area contributed by atoms with Gasteiger partial charge in [0.1, 0.15) is 11.9 Å². The summed E-state index contributed by atoms with van der Waals surface area (Å²) in [4.78, 5) is 25.3. The van der Waals surface area contributed by atoms with Crippen LogP contribution in [-0.2, 0) is 9.59 Å². The quantitative estimate of drug-likeness (QED) is 0.662. The number of nitrogens with zero attached hydrogens (tertiary/aromatic N) is 2. The first-order chi connectivity index (χ1) is 12.9. The molecule has 6 nitrogen and oxygen atoms in total. The van der Waals surface area contributed by atoms with Crippen LogP contribution in [0.4, 0.5) is 10.1 Å². The molecule has 0 radical (unpaired) electrons. The molecule has 27 heavy (non-hydrogen) atoms. The van der Waals surface area contributed by atoms with Gasteiger partial charge in [-0.05, 0) is 49.6 Å². The number of rotatable bonds is 5. The number of thiophene rings is 1. The highest BCUT2D eigenvalue weighted by molar-refractivity contribution is 7.10. The van der Waals surface area contributed by atoms with Crippen molar-refractivity contribution in [2.75, 3.05) is 11.9 Å². The molecular weight excluding hydrogens is 367 g/mol. The summed E-state index contributed by atoms with van der Waals surface area (Å²) in [5.41, 5.74) is 2.07. The van der Waals surface area contributed by atoms with Gasteiger partial charge in [-0.1, -0.05) is 12.1 Å². The molecule has 2 heterocycles. The van der Waals surface area contributed by atoms with E-state index in [1.54, 1.807) is 11.3 Å². The fourth-order valence-corrected chi connectivity index (χ4v) is 3.59. The van der Waals surface area contributed by atoms with Crippen LogP contribution in [0.25, 0.3) is 0 Å². The third-order valence-electron chi connectivity index (χ3n) is 3.96. The van der Waals surface area contributed by atoms with Crippen LogP contribution in [0, 0.1) is 19.7 Å². The van der Waals surface area contributed by atoms with Gasteiger partial charge in [0.05, 0.1) is 5.69 Å². The maximum atomic E-state index is 13.2. The number of nitrogens with one attached hydrogen (secondary N) is 2. The molecule has 3 rings (SSSR count). The zero-order valence-corrected chi connectivity index (χ0v) is 15.7. The molecule has 1 aromatic carbocycles. The standard InChI is InChI=1S/C19H19FN4O2S/c1-12-9-13(2)24(23-12)16(17-7-4-8-27-17)11-21-18(25)19(26)22-15-6-3-5-14(20)10-15/h3-10,16H,11H2,1-2H3,(H,21,25)(H,22,26)/t16-/m0/s1. The monoisotopic (exact) mass is 386 g/mol. The Balaban J connectivity index is 1.69. The van der Waals surface area contributed by atoms with Crippen molar-refractivity contribution < 1.29 is 14.0 Å². The van der Waals surface area contributed by atoms with Crippen LogP contribution in [0.5, 0.6) is 0 Å². The van der Waals surface area contributed by atoms with Crippen molar-refractivity contribution >= 4 is 28.8 Å². The summed E-state index contributed by atoms with van der Waals surface area (Å²) in [5.74, 6) is -2.13. The van der Waals surface area contributed by atoms with Crippen molar-refractivity contribution in [3.8, 4) is 0 Å². The van der Waals surface area contributed by atoms with E-state index < -0.39 is 17.6 Å². The van der Waals surface area contributed by atoms with Gasteiger partial charge in [0.2, 0.25) is 0 Å². The topological polar surface area (TPSA) is 76.0 Å². The van der Waals surface area contributed by atoms with Gasteiger partial charge < -0.3 is 10.6 Å². The van der Waals surface area contributed by atoms with Gasteiger partial charge in [0, 0.05) is 22.8 Å². The second kappa shape index (κ2) is 8.13. The van der Waals surface area contributed by atoms with Crippen LogP contribution in [-0.4, -0.2) is 28.1 Å². The summed E-state index contributed by atoms with van der Waals surface area (Å²) in [6.07, 6.45) is 0. The van der Waals surface area contributed by atoms with Crippen LogP contribution in [0.1, 0.15) is 22.3 Å². The molecule has 8 heteroatoms. The molecule has 0 bridgehead atoms. The Morgan fingerprint density at radius 2 is 2.00 bits per heavy atom. The zero-order chi connectivity index (χ0) is 19.4. The average Bonchev–Trinajstić information content (AvgIpc) is 3.25. The van der Waals surface area contributed by atoms with E-state index in [1.165, 1.54) is 18.2 Å². The summed E-state index contributed by atoms with van der Waals surface area (Å²) < 4.78 is 15.0. The van der Waals surface area contributed by atoms with E-state index in [0.29, 0.717) is 0 Å². The van der Waals surface area contributed by atoms with Crippen molar-refractivity contribution in [1.82, 2.24) is 15.1 Å². The fourth-order valence-electron chi connectivity index (χ4n) is 2.77. The van der Waals surface area contributed by atoms with Gasteiger partial charge in [-0.25, -0.2) is 4.39 Å². The van der Waals surface area contributed by atoms with E-state index in [9.17, 15) is 14.0 Å². The van der Waals surface area contributed by atoms with E-state index in [2.05, 4.69) is 15.7 Å². The molecule has 0 aliphatic carbocycles. The maximum Gasteiger partial charge on any atom is 0.313 e. The minimum Gasteiger partial charge on any atom is -0.345 e. The van der Waals surface area contributed by atoms with Crippen LogP contribution in [0.3, 0.4) is 0 Å². The molecule has 0 saturated heterocycles. The van der Waals surface area contributed by atoms with Gasteiger partial charge in [-0.15, -0.1) is 11.3 Å². The largest absolute Gasteiger partial charge is 0.345 e. The molecule has 140 valence electrons. The predicted molar refractivity (Wildman–Crippen MR) is 102 cm³/mol. The molecule has 2 aromatic heterocycles. The van der Waals surface area contributed by atoms with E-state index >= 15 is 0 Å². The number of hydrogen-bond donors (Lipinski definition) is 2. The predicted octanol–water partition coefficient (Wildman–Crippen LogP) is 3.04. The Bertz CT molecular complexity index is 953. The highest BCUT2D eigenvalue weighted by Crippen LogP contribution is 2.24. The van der Waals surface area contributed by atoms with E-state index in [4.69, 9.17) is 0 Å². The van der Waals surface area contributed by atoms with Crippen molar-refractivity contribution in [3.05, 3.63) is 69.9 Å². The second-order valence-electron chi connectivity index (χ2n) is 6.08. The Hall–Kier alpha value is -3.00. The Morgan fingerprint density at radius 3 is 2.63 bits per heavy atom. The number of hydrogen-bond acceptors (Lipinski definition) is 4. The normalized spacial score (nSPS) is 11.8. The smallest absolute Gasteiger partial charge is 0.313 e. The number of aryl methyl sites for hydroxylation is 2. The molecular formula is C19H19FN4O2S. The number of amides is 2. The van der Waals surface area contributed by atoms with Gasteiger partial charge in [-0.3, -0.25) is 14.3 Å². The molecule has 1 atom stereocenters. The highest BCUT2D eigenvalue weighted by atomic mass is 32.1. The number of carbonyl (C=O) groups excluding carboxylic acids is 2. The highest BCUT2D eigenvalue weighted by Gasteiger charge is 2.21. The van der Waals surface area contributed by atoms with E-state index in [-0.39, 0.29) is 18.3 Å². The average molecular weight is 386 g/mol. The SMILES string of the molecule is Cc1cc(C)n([C@@H](CNC(=O)C(=O)Nc2cccc(F)c2)c2cccs2)n1. The molecule has 0 saturated carbocycles. The number of benzene rings is 1. The summed E-state index contributed by atoms with van der Waals surface area (Å²) in [6, 6.07) is 11.0. The van der Waals surface area contributed by atoms with Crippen molar-refractivity contribution in [1.29, 1.82) is 0 Å². The van der Waals surface area contributed by atoms with Crippen LogP contribution in [0.15, 0.2) is 47.8 Å². The number of halogens is 1. The second-order valence-corrected chi connectivity index (χ2v) is 7.06. The lowest BCUT2D eigenvalue weighted by atomic mass is 10.2. The molecule has 0 fully saturated rings.